The molecular weight excluding hydrogens is 306 g/mol. The molecule has 6 heteroatoms. The molecule has 0 atom stereocenters. The van der Waals surface area contributed by atoms with Gasteiger partial charge in [-0.25, -0.2) is 0 Å². The van der Waals surface area contributed by atoms with Crippen molar-refractivity contribution in [3.63, 3.8) is 0 Å². The summed E-state index contributed by atoms with van der Waals surface area (Å²) in [6.07, 6.45) is 3.65. The van der Waals surface area contributed by atoms with Crippen LogP contribution < -0.4 is 4.74 Å². The SMILES string of the molecule is C=CCSc1nnc(COc2ccc(Cl)cc2)n1CC=C. The molecular formula is C15H16ClN3OS. The van der Waals surface area contributed by atoms with Gasteiger partial charge in [-0.3, -0.25) is 4.57 Å². The van der Waals surface area contributed by atoms with Crippen LogP contribution in [0.25, 0.3) is 0 Å². The summed E-state index contributed by atoms with van der Waals surface area (Å²) < 4.78 is 7.69. The molecule has 0 aliphatic rings. The van der Waals surface area contributed by atoms with Crippen molar-refractivity contribution in [1.29, 1.82) is 0 Å². The number of rotatable bonds is 8. The standard InChI is InChI=1S/C15H16ClN3OS/c1-3-9-19-14(17-18-15(19)21-10-4-2)11-20-13-7-5-12(16)6-8-13/h3-8H,1-2,9-11H2. The van der Waals surface area contributed by atoms with E-state index in [0.717, 1.165) is 22.5 Å². The van der Waals surface area contributed by atoms with Crippen LogP contribution >= 0.6 is 23.4 Å². The minimum Gasteiger partial charge on any atom is -0.486 e. The predicted molar refractivity (Wildman–Crippen MR) is 86.9 cm³/mol. The van der Waals surface area contributed by atoms with Gasteiger partial charge in [-0.1, -0.05) is 35.5 Å². The van der Waals surface area contributed by atoms with Crippen LogP contribution in [-0.2, 0) is 13.2 Å². The highest BCUT2D eigenvalue weighted by molar-refractivity contribution is 7.99. The van der Waals surface area contributed by atoms with Crippen LogP contribution in [-0.4, -0.2) is 20.5 Å². The number of hydrogen-bond donors (Lipinski definition) is 0. The number of ether oxygens (including phenoxy) is 1. The average Bonchev–Trinajstić information content (AvgIpc) is 2.87. The second-order valence-corrected chi connectivity index (χ2v) is 5.56. The van der Waals surface area contributed by atoms with E-state index < -0.39 is 0 Å². The Bertz CT molecular complexity index is 610. The largest absolute Gasteiger partial charge is 0.486 e. The van der Waals surface area contributed by atoms with E-state index in [-0.39, 0.29) is 0 Å². The van der Waals surface area contributed by atoms with Gasteiger partial charge in [-0.05, 0) is 24.3 Å². The van der Waals surface area contributed by atoms with E-state index in [1.54, 1.807) is 23.9 Å². The number of benzene rings is 1. The van der Waals surface area contributed by atoms with Gasteiger partial charge in [0.15, 0.2) is 11.0 Å². The van der Waals surface area contributed by atoms with E-state index in [0.29, 0.717) is 18.2 Å². The molecule has 0 unspecified atom stereocenters. The number of hydrogen-bond acceptors (Lipinski definition) is 4. The third kappa shape index (κ3) is 4.37. The van der Waals surface area contributed by atoms with Gasteiger partial charge in [0.25, 0.3) is 0 Å². The second-order valence-electron chi connectivity index (χ2n) is 4.14. The van der Waals surface area contributed by atoms with Crippen molar-refractivity contribution in [2.24, 2.45) is 0 Å². The monoisotopic (exact) mass is 321 g/mol. The molecule has 2 rings (SSSR count). The first kappa shape index (κ1) is 15.7. The van der Waals surface area contributed by atoms with Gasteiger partial charge in [-0.15, -0.1) is 23.4 Å². The topological polar surface area (TPSA) is 39.9 Å². The summed E-state index contributed by atoms with van der Waals surface area (Å²) in [5.74, 6) is 2.29. The molecule has 0 saturated heterocycles. The fourth-order valence-electron chi connectivity index (χ4n) is 1.66. The summed E-state index contributed by atoms with van der Waals surface area (Å²) in [7, 11) is 0. The Morgan fingerprint density at radius 3 is 2.62 bits per heavy atom. The van der Waals surface area contributed by atoms with E-state index in [2.05, 4.69) is 23.4 Å². The number of thioether (sulfide) groups is 1. The van der Waals surface area contributed by atoms with Crippen molar-refractivity contribution in [3.8, 4) is 5.75 Å². The summed E-state index contributed by atoms with van der Waals surface area (Å²) >= 11 is 7.43. The van der Waals surface area contributed by atoms with Crippen LogP contribution in [0.15, 0.2) is 54.7 Å². The van der Waals surface area contributed by atoms with Crippen molar-refractivity contribution in [2.75, 3.05) is 5.75 Å². The first-order valence-corrected chi connectivity index (χ1v) is 7.76. The van der Waals surface area contributed by atoms with Crippen molar-refractivity contribution >= 4 is 23.4 Å². The Morgan fingerprint density at radius 1 is 1.19 bits per heavy atom. The van der Waals surface area contributed by atoms with Crippen LogP contribution in [0.4, 0.5) is 0 Å². The van der Waals surface area contributed by atoms with Gasteiger partial charge in [0, 0.05) is 17.3 Å². The van der Waals surface area contributed by atoms with Gasteiger partial charge in [0.2, 0.25) is 0 Å². The summed E-state index contributed by atoms with van der Waals surface area (Å²) in [6, 6.07) is 7.22. The van der Waals surface area contributed by atoms with Gasteiger partial charge in [0.05, 0.1) is 0 Å². The Hall–Kier alpha value is -1.72. The molecule has 0 aliphatic heterocycles. The zero-order chi connectivity index (χ0) is 15.1. The Kier molecular flexibility index (Phi) is 5.90. The third-order valence-corrected chi connectivity index (χ3v) is 3.83. The van der Waals surface area contributed by atoms with Gasteiger partial charge in [0.1, 0.15) is 12.4 Å². The molecule has 2 aromatic rings. The molecule has 21 heavy (non-hydrogen) atoms. The summed E-state index contributed by atoms with van der Waals surface area (Å²) in [5.41, 5.74) is 0. The normalized spacial score (nSPS) is 10.3. The maximum atomic E-state index is 5.84. The smallest absolute Gasteiger partial charge is 0.191 e. The lowest BCUT2D eigenvalue weighted by Crippen LogP contribution is -2.07. The zero-order valence-electron chi connectivity index (χ0n) is 11.5. The molecule has 0 radical (unpaired) electrons. The summed E-state index contributed by atoms with van der Waals surface area (Å²) in [5, 5.41) is 9.88. The highest BCUT2D eigenvalue weighted by Gasteiger charge is 2.11. The minimum absolute atomic E-state index is 0.344. The molecule has 0 bridgehead atoms. The molecule has 0 N–H and O–H groups in total. The van der Waals surface area contributed by atoms with Crippen LogP contribution in [0.2, 0.25) is 5.02 Å². The lowest BCUT2D eigenvalue weighted by atomic mass is 10.3. The fourth-order valence-corrected chi connectivity index (χ4v) is 2.48. The number of nitrogens with zero attached hydrogens (tertiary/aromatic N) is 3. The maximum Gasteiger partial charge on any atom is 0.191 e. The van der Waals surface area contributed by atoms with E-state index in [1.165, 1.54) is 0 Å². The van der Waals surface area contributed by atoms with Gasteiger partial charge < -0.3 is 4.74 Å². The average molecular weight is 322 g/mol. The van der Waals surface area contributed by atoms with Crippen molar-refractivity contribution in [3.05, 3.63) is 60.4 Å². The lowest BCUT2D eigenvalue weighted by molar-refractivity contribution is 0.289. The molecule has 0 aliphatic carbocycles. The second kappa shape index (κ2) is 7.90. The molecule has 1 heterocycles. The van der Waals surface area contributed by atoms with Gasteiger partial charge >= 0.3 is 0 Å². The Balaban J connectivity index is 2.07. The molecule has 0 saturated carbocycles. The molecule has 0 spiro atoms. The number of allylic oxidation sites excluding steroid dienone is 1. The molecule has 1 aromatic carbocycles. The van der Waals surface area contributed by atoms with Crippen LogP contribution in [0.5, 0.6) is 5.75 Å². The highest BCUT2D eigenvalue weighted by atomic mass is 35.5. The van der Waals surface area contributed by atoms with E-state index in [1.807, 2.05) is 28.9 Å². The third-order valence-electron chi connectivity index (χ3n) is 2.62. The van der Waals surface area contributed by atoms with E-state index in [4.69, 9.17) is 16.3 Å². The van der Waals surface area contributed by atoms with Crippen LogP contribution in [0.3, 0.4) is 0 Å². The zero-order valence-corrected chi connectivity index (χ0v) is 13.1. The van der Waals surface area contributed by atoms with E-state index >= 15 is 0 Å². The summed E-state index contributed by atoms with van der Waals surface area (Å²) in [6.45, 7) is 8.46. The Morgan fingerprint density at radius 2 is 1.95 bits per heavy atom. The molecule has 0 fully saturated rings. The molecule has 110 valence electrons. The van der Waals surface area contributed by atoms with E-state index in [9.17, 15) is 0 Å². The van der Waals surface area contributed by atoms with Crippen molar-refractivity contribution in [1.82, 2.24) is 14.8 Å². The minimum atomic E-state index is 0.344. The van der Waals surface area contributed by atoms with Crippen molar-refractivity contribution < 1.29 is 4.74 Å². The quantitative estimate of drug-likeness (QED) is 0.545. The molecule has 1 aromatic heterocycles. The number of aromatic nitrogens is 3. The summed E-state index contributed by atoms with van der Waals surface area (Å²) in [4.78, 5) is 0. The van der Waals surface area contributed by atoms with Crippen LogP contribution in [0, 0.1) is 0 Å². The first-order valence-electron chi connectivity index (χ1n) is 6.39. The number of halogens is 1. The first-order chi connectivity index (χ1) is 10.2. The maximum absolute atomic E-state index is 5.84. The predicted octanol–water partition coefficient (Wildman–Crippen LogP) is 3.97. The van der Waals surface area contributed by atoms with Crippen LogP contribution in [0.1, 0.15) is 5.82 Å². The molecule has 4 nitrogen and oxygen atoms in total. The lowest BCUT2D eigenvalue weighted by Gasteiger charge is -2.08. The van der Waals surface area contributed by atoms with Gasteiger partial charge in [-0.2, -0.15) is 0 Å². The van der Waals surface area contributed by atoms with Crippen molar-refractivity contribution in [2.45, 2.75) is 18.3 Å². The fraction of sp³-hybridized carbons (Fsp3) is 0.200. The molecule has 0 amide bonds. The highest BCUT2D eigenvalue weighted by Crippen LogP contribution is 2.20. The Labute approximate surface area is 133 Å².